The van der Waals surface area contributed by atoms with Crippen molar-refractivity contribution >= 4 is 11.6 Å². The van der Waals surface area contributed by atoms with Crippen molar-refractivity contribution in [3.8, 4) is 11.5 Å². The Morgan fingerprint density at radius 1 is 1.08 bits per heavy atom. The standard InChI is InChI=1S/C21H22N2O3/c1-13(24)23-21(15-5-8-16(25-2)9-6-15)18-11-7-14-4-10-17(26-3)12-19(14)20(18)22-23/h4-6,8-10,12,18,21H,7,11H2,1-3H3/t18-,21-/m1/s1. The first kappa shape index (κ1) is 16.6. The molecule has 0 saturated heterocycles. The molecule has 4 rings (SSSR count). The van der Waals surface area contributed by atoms with Gasteiger partial charge in [0, 0.05) is 18.4 Å². The maximum Gasteiger partial charge on any atom is 0.240 e. The number of hydrazone groups is 1. The minimum absolute atomic E-state index is 0.0443. The lowest BCUT2D eigenvalue weighted by atomic mass is 9.77. The molecule has 0 saturated carbocycles. The van der Waals surface area contributed by atoms with Crippen LogP contribution < -0.4 is 9.47 Å². The normalized spacial score (nSPS) is 20.9. The van der Waals surface area contributed by atoms with Crippen LogP contribution in [0.5, 0.6) is 11.5 Å². The van der Waals surface area contributed by atoms with Gasteiger partial charge < -0.3 is 9.47 Å². The summed E-state index contributed by atoms with van der Waals surface area (Å²) in [6.45, 7) is 1.57. The Kier molecular flexibility index (Phi) is 4.15. The van der Waals surface area contributed by atoms with Crippen molar-refractivity contribution in [1.82, 2.24) is 5.01 Å². The molecule has 0 spiro atoms. The van der Waals surface area contributed by atoms with Gasteiger partial charge in [-0.2, -0.15) is 5.10 Å². The fourth-order valence-electron chi connectivity index (χ4n) is 4.01. The van der Waals surface area contributed by atoms with E-state index < -0.39 is 0 Å². The van der Waals surface area contributed by atoms with Crippen LogP contribution in [0, 0.1) is 5.92 Å². The fourth-order valence-corrected chi connectivity index (χ4v) is 4.01. The van der Waals surface area contributed by atoms with E-state index in [1.54, 1.807) is 26.2 Å². The van der Waals surface area contributed by atoms with Gasteiger partial charge in [-0.25, -0.2) is 5.01 Å². The predicted molar refractivity (Wildman–Crippen MR) is 99.6 cm³/mol. The molecular weight excluding hydrogens is 328 g/mol. The average Bonchev–Trinajstić information content (AvgIpc) is 3.08. The van der Waals surface area contributed by atoms with Crippen molar-refractivity contribution in [3.63, 3.8) is 0 Å². The SMILES string of the molecule is COc1ccc([C@@H]2[C@@H]3CCc4ccc(OC)cc4C3=NN2C(C)=O)cc1. The number of carbonyl (C=O) groups is 1. The predicted octanol–water partition coefficient (Wildman–Crippen LogP) is 3.57. The summed E-state index contributed by atoms with van der Waals surface area (Å²) in [5, 5.41) is 6.38. The topological polar surface area (TPSA) is 51.1 Å². The third-order valence-corrected chi connectivity index (χ3v) is 5.31. The number of benzene rings is 2. The van der Waals surface area contributed by atoms with Crippen LogP contribution in [0.15, 0.2) is 47.6 Å². The molecule has 0 bridgehead atoms. The summed E-state index contributed by atoms with van der Waals surface area (Å²) in [7, 11) is 3.32. The first-order chi connectivity index (χ1) is 12.6. The summed E-state index contributed by atoms with van der Waals surface area (Å²) in [5.74, 6) is 1.76. The number of nitrogens with zero attached hydrogens (tertiary/aromatic N) is 2. The Morgan fingerprint density at radius 2 is 1.77 bits per heavy atom. The van der Waals surface area contributed by atoms with Crippen LogP contribution in [0.4, 0.5) is 0 Å². The Hall–Kier alpha value is -2.82. The van der Waals surface area contributed by atoms with Crippen LogP contribution in [0.3, 0.4) is 0 Å². The minimum Gasteiger partial charge on any atom is -0.497 e. The first-order valence-electron chi connectivity index (χ1n) is 8.82. The lowest BCUT2D eigenvalue weighted by Gasteiger charge is -2.29. The Labute approximate surface area is 153 Å². The molecule has 2 aliphatic rings. The van der Waals surface area contributed by atoms with Gasteiger partial charge in [-0.1, -0.05) is 18.2 Å². The lowest BCUT2D eigenvalue weighted by Crippen LogP contribution is -2.31. The number of fused-ring (bicyclic) bond motifs is 3. The van der Waals surface area contributed by atoms with Crippen LogP contribution in [0.25, 0.3) is 0 Å². The molecule has 0 aromatic heterocycles. The van der Waals surface area contributed by atoms with E-state index in [2.05, 4.69) is 6.07 Å². The van der Waals surface area contributed by atoms with E-state index in [9.17, 15) is 4.79 Å². The number of amides is 1. The number of carbonyl (C=O) groups excluding carboxylic acids is 1. The number of methoxy groups -OCH3 is 2. The third kappa shape index (κ3) is 2.64. The largest absolute Gasteiger partial charge is 0.497 e. The molecule has 5 nitrogen and oxygen atoms in total. The van der Waals surface area contributed by atoms with Crippen LogP contribution in [-0.2, 0) is 11.2 Å². The summed E-state index contributed by atoms with van der Waals surface area (Å²) in [5.41, 5.74) is 4.43. The van der Waals surface area contributed by atoms with Gasteiger partial charge in [0.1, 0.15) is 11.5 Å². The van der Waals surface area contributed by atoms with E-state index in [-0.39, 0.29) is 17.9 Å². The molecule has 1 aliphatic heterocycles. The summed E-state index contributed by atoms with van der Waals surface area (Å²) >= 11 is 0. The van der Waals surface area contributed by atoms with Crippen molar-refractivity contribution in [2.75, 3.05) is 14.2 Å². The molecule has 0 unspecified atom stereocenters. The molecule has 5 heteroatoms. The number of hydrogen-bond acceptors (Lipinski definition) is 4. The van der Waals surface area contributed by atoms with Crippen LogP contribution in [0.1, 0.15) is 36.1 Å². The molecule has 2 aromatic rings. The minimum atomic E-state index is -0.0762. The van der Waals surface area contributed by atoms with Crippen molar-refractivity contribution in [2.45, 2.75) is 25.8 Å². The average molecular weight is 350 g/mol. The van der Waals surface area contributed by atoms with Gasteiger partial charge in [0.25, 0.3) is 0 Å². The number of aryl methyl sites for hydroxylation is 1. The molecule has 26 heavy (non-hydrogen) atoms. The van der Waals surface area contributed by atoms with Crippen molar-refractivity contribution in [1.29, 1.82) is 0 Å². The summed E-state index contributed by atoms with van der Waals surface area (Å²) < 4.78 is 10.7. The smallest absolute Gasteiger partial charge is 0.240 e. The van der Waals surface area contributed by atoms with Crippen molar-refractivity contribution in [3.05, 3.63) is 59.2 Å². The van der Waals surface area contributed by atoms with Gasteiger partial charge in [0.05, 0.1) is 26.0 Å². The Morgan fingerprint density at radius 3 is 2.42 bits per heavy atom. The van der Waals surface area contributed by atoms with E-state index in [4.69, 9.17) is 14.6 Å². The number of hydrogen-bond donors (Lipinski definition) is 0. The van der Waals surface area contributed by atoms with Crippen molar-refractivity contribution in [2.24, 2.45) is 11.0 Å². The lowest BCUT2D eigenvalue weighted by molar-refractivity contribution is -0.131. The molecule has 1 aliphatic carbocycles. The third-order valence-electron chi connectivity index (χ3n) is 5.31. The second-order valence-electron chi connectivity index (χ2n) is 6.74. The van der Waals surface area contributed by atoms with E-state index in [1.807, 2.05) is 36.4 Å². The molecule has 0 radical (unpaired) electrons. The van der Waals surface area contributed by atoms with Crippen LogP contribution >= 0.6 is 0 Å². The van der Waals surface area contributed by atoms with E-state index >= 15 is 0 Å². The molecule has 0 N–H and O–H groups in total. The number of ether oxygens (including phenoxy) is 2. The zero-order valence-electron chi connectivity index (χ0n) is 15.2. The summed E-state index contributed by atoms with van der Waals surface area (Å²) in [6.07, 6.45) is 1.94. The highest BCUT2D eigenvalue weighted by Crippen LogP contribution is 2.44. The highest BCUT2D eigenvalue weighted by molar-refractivity contribution is 6.07. The van der Waals surface area contributed by atoms with Crippen LogP contribution in [-0.4, -0.2) is 30.8 Å². The van der Waals surface area contributed by atoms with Gasteiger partial charge >= 0.3 is 0 Å². The van der Waals surface area contributed by atoms with Crippen molar-refractivity contribution < 1.29 is 14.3 Å². The first-order valence-corrected chi connectivity index (χ1v) is 8.82. The molecule has 1 heterocycles. The highest BCUT2D eigenvalue weighted by Gasteiger charge is 2.43. The van der Waals surface area contributed by atoms with E-state index in [1.165, 1.54) is 5.56 Å². The summed E-state index contributed by atoms with van der Waals surface area (Å²) in [6, 6.07) is 14.0. The Bertz CT molecular complexity index is 873. The van der Waals surface area contributed by atoms with Gasteiger partial charge in [-0.15, -0.1) is 0 Å². The molecule has 2 atom stereocenters. The zero-order valence-corrected chi connectivity index (χ0v) is 15.2. The molecule has 134 valence electrons. The Balaban J connectivity index is 1.77. The molecule has 0 fully saturated rings. The second-order valence-corrected chi connectivity index (χ2v) is 6.74. The fraction of sp³-hybridized carbons (Fsp3) is 0.333. The molecular formula is C21H22N2O3. The molecule has 1 amide bonds. The zero-order chi connectivity index (χ0) is 18.3. The van der Waals surface area contributed by atoms with E-state index in [0.717, 1.165) is 41.2 Å². The maximum atomic E-state index is 12.3. The van der Waals surface area contributed by atoms with Gasteiger partial charge in [0.2, 0.25) is 5.91 Å². The summed E-state index contributed by atoms with van der Waals surface area (Å²) in [4.78, 5) is 12.3. The highest BCUT2D eigenvalue weighted by atomic mass is 16.5. The van der Waals surface area contributed by atoms with Gasteiger partial charge in [0.15, 0.2) is 0 Å². The van der Waals surface area contributed by atoms with Gasteiger partial charge in [-0.05, 0) is 48.2 Å². The number of rotatable bonds is 3. The monoisotopic (exact) mass is 350 g/mol. The quantitative estimate of drug-likeness (QED) is 0.850. The van der Waals surface area contributed by atoms with E-state index in [0.29, 0.717) is 0 Å². The van der Waals surface area contributed by atoms with Gasteiger partial charge in [-0.3, -0.25) is 4.79 Å². The van der Waals surface area contributed by atoms with Crippen LogP contribution in [0.2, 0.25) is 0 Å². The molecule has 2 aromatic carbocycles. The second kappa shape index (κ2) is 6.48. The maximum absolute atomic E-state index is 12.3.